The molecule has 2 aromatic carbocycles. The zero-order valence-electron chi connectivity index (χ0n) is 17.2. The Morgan fingerprint density at radius 2 is 1.93 bits per heavy atom. The van der Waals surface area contributed by atoms with Gasteiger partial charge in [-0.3, -0.25) is 0 Å². The molecule has 0 aliphatic carbocycles. The van der Waals surface area contributed by atoms with Gasteiger partial charge >= 0.3 is 5.97 Å². The Kier molecular flexibility index (Phi) is 6.60. The predicted molar refractivity (Wildman–Crippen MR) is 115 cm³/mol. The topological polar surface area (TPSA) is 68.0 Å². The fourth-order valence-electron chi connectivity index (χ4n) is 3.29. The first-order valence-corrected chi connectivity index (χ1v) is 9.93. The molecule has 0 saturated carbocycles. The molecule has 3 aromatic rings. The van der Waals surface area contributed by atoms with Gasteiger partial charge in [0.25, 0.3) is 0 Å². The van der Waals surface area contributed by atoms with Crippen molar-refractivity contribution in [2.75, 3.05) is 0 Å². The van der Waals surface area contributed by atoms with E-state index in [0.717, 1.165) is 34.8 Å². The van der Waals surface area contributed by atoms with Crippen LogP contribution in [0.1, 0.15) is 48.3 Å². The molecule has 1 heterocycles. The first-order valence-electron chi connectivity index (χ1n) is 9.93. The van der Waals surface area contributed by atoms with Crippen molar-refractivity contribution in [3.8, 4) is 11.1 Å². The highest BCUT2D eigenvalue weighted by atomic mass is 16.4. The lowest BCUT2D eigenvalue weighted by atomic mass is 9.97. The number of hydrogen-bond donors (Lipinski definition) is 1. The van der Waals surface area contributed by atoms with E-state index in [-0.39, 0.29) is 0 Å². The Bertz CT molecular complexity index is 1000. The average Bonchev–Trinajstić information content (AvgIpc) is 3.07. The summed E-state index contributed by atoms with van der Waals surface area (Å²) in [4.78, 5) is 16.6. The molecule has 1 N–H and O–H groups in total. The van der Waals surface area contributed by atoms with Gasteiger partial charge in [-0.05, 0) is 35.6 Å². The molecule has 0 atom stereocenters. The number of carboxylic acid groups (broad SMARTS) is 1. The van der Waals surface area contributed by atoms with Crippen molar-refractivity contribution < 1.29 is 9.90 Å². The van der Waals surface area contributed by atoms with Gasteiger partial charge in [0, 0.05) is 12.8 Å². The first kappa shape index (κ1) is 20.5. The molecule has 0 saturated heterocycles. The van der Waals surface area contributed by atoms with E-state index >= 15 is 0 Å². The maximum absolute atomic E-state index is 11.9. The third kappa shape index (κ3) is 5.19. The van der Waals surface area contributed by atoms with Crippen LogP contribution >= 0.6 is 0 Å². The number of aromatic carboxylic acids is 1. The summed E-state index contributed by atoms with van der Waals surface area (Å²) in [6.45, 7) is 6.77. The van der Waals surface area contributed by atoms with E-state index in [1.807, 2.05) is 60.1 Å². The van der Waals surface area contributed by atoms with Gasteiger partial charge in [0.2, 0.25) is 0 Å². The van der Waals surface area contributed by atoms with Gasteiger partial charge in [0.1, 0.15) is 5.82 Å². The normalized spacial score (nSPS) is 11.4. The quantitative estimate of drug-likeness (QED) is 0.550. The third-order valence-corrected chi connectivity index (χ3v) is 4.65. The molecule has 0 radical (unpaired) electrons. The summed E-state index contributed by atoms with van der Waals surface area (Å²) in [5.41, 5.74) is 2.80. The van der Waals surface area contributed by atoms with Gasteiger partial charge in [-0.1, -0.05) is 68.5 Å². The van der Waals surface area contributed by atoms with Gasteiger partial charge in [0.05, 0.1) is 12.1 Å². The molecule has 3 rings (SSSR count). The van der Waals surface area contributed by atoms with E-state index in [4.69, 9.17) is 4.98 Å². The minimum atomic E-state index is -0.932. The largest absolute Gasteiger partial charge is 0.478 e. The Labute approximate surface area is 171 Å². The molecule has 0 unspecified atom stereocenters. The van der Waals surface area contributed by atoms with Crippen molar-refractivity contribution in [1.29, 1.82) is 0 Å². The van der Waals surface area contributed by atoms with Crippen LogP contribution in [-0.2, 0) is 19.4 Å². The summed E-state index contributed by atoms with van der Waals surface area (Å²) in [6.07, 6.45) is 5.58. The van der Waals surface area contributed by atoms with E-state index in [9.17, 15) is 9.90 Å². The Morgan fingerprint density at radius 1 is 1.17 bits per heavy atom. The predicted octanol–water partition coefficient (Wildman–Crippen LogP) is 5.01. The minimum absolute atomic E-state index is 0.297. The van der Waals surface area contributed by atoms with Gasteiger partial charge in [0.15, 0.2) is 5.82 Å². The van der Waals surface area contributed by atoms with Crippen LogP contribution in [0.3, 0.4) is 0 Å². The molecule has 0 amide bonds. The van der Waals surface area contributed by atoms with E-state index in [1.54, 1.807) is 6.07 Å². The van der Waals surface area contributed by atoms with E-state index in [2.05, 4.69) is 25.0 Å². The second kappa shape index (κ2) is 9.32. The molecule has 0 spiro atoms. The molecule has 0 aliphatic heterocycles. The number of allylic oxidation sites excluding steroid dienone is 2. The van der Waals surface area contributed by atoms with Crippen LogP contribution < -0.4 is 0 Å². The number of rotatable bonds is 8. The Morgan fingerprint density at radius 3 is 2.59 bits per heavy atom. The van der Waals surface area contributed by atoms with Crippen LogP contribution in [0.4, 0.5) is 0 Å². The lowest BCUT2D eigenvalue weighted by molar-refractivity contribution is 0.0697. The monoisotopic (exact) mass is 389 g/mol. The number of aromatic nitrogens is 3. The van der Waals surface area contributed by atoms with Crippen molar-refractivity contribution in [2.45, 2.75) is 40.2 Å². The zero-order valence-corrected chi connectivity index (χ0v) is 17.2. The lowest BCUT2D eigenvalue weighted by Gasteiger charge is -2.10. The maximum atomic E-state index is 11.9. The first-order chi connectivity index (χ1) is 14.0. The molecule has 5 nitrogen and oxygen atoms in total. The van der Waals surface area contributed by atoms with Gasteiger partial charge in [-0.15, -0.1) is 0 Å². The molecule has 1 aromatic heterocycles. The second-order valence-electron chi connectivity index (χ2n) is 7.52. The minimum Gasteiger partial charge on any atom is -0.478 e. The standard InChI is InChI=1S/C24H27N3O2/c1-4-5-11-23-25-22(14-17(2)3)26-27(23)16-18-12-13-20(21(15-18)24(28)29)19-9-7-6-8-10-19/h4-10,12-13,15,17H,11,14,16H2,1-3H3,(H,28,29). The second-order valence-corrected chi connectivity index (χ2v) is 7.52. The van der Waals surface area contributed by atoms with Crippen molar-refractivity contribution in [3.05, 3.63) is 83.5 Å². The van der Waals surface area contributed by atoms with Crippen LogP contribution in [0.2, 0.25) is 0 Å². The van der Waals surface area contributed by atoms with E-state index < -0.39 is 5.97 Å². The fourth-order valence-corrected chi connectivity index (χ4v) is 3.29. The highest BCUT2D eigenvalue weighted by molar-refractivity contribution is 5.96. The summed E-state index contributed by atoms with van der Waals surface area (Å²) in [6, 6.07) is 15.2. The van der Waals surface area contributed by atoms with Crippen molar-refractivity contribution in [2.24, 2.45) is 5.92 Å². The van der Waals surface area contributed by atoms with Gasteiger partial charge in [-0.25, -0.2) is 14.5 Å². The van der Waals surface area contributed by atoms with Crippen LogP contribution in [0.15, 0.2) is 60.7 Å². The van der Waals surface area contributed by atoms with Crippen molar-refractivity contribution >= 4 is 5.97 Å². The van der Waals surface area contributed by atoms with Crippen LogP contribution in [-0.4, -0.2) is 25.8 Å². The number of benzene rings is 2. The van der Waals surface area contributed by atoms with Crippen LogP contribution in [0, 0.1) is 5.92 Å². The molecular weight excluding hydrogens is 362 g/mol. The van der Waals surface area contributed by atoms with Crippen LogP contribution in [0.25, 0.3) is 11.1 Å². The SMILES string of the molecule is CC=CCc1nc(CC(C)C)nn1Cc1ccc(-c2ccccc2)c(C(=O)O)c1. The smallest absolute Gasteiger partial charge is 0.336 e. The summed E-state index contributed by atoms with van der Waals surface area (Å²) in [7, 11) is 0. The van der Waals surface area contributed by atoms with Crippen molar-refractivity contribution in [1.82, 2.24) is 14.8 Å². The lowest BCUT2D eigenvalue weighted by Crippen LogP contribution is -2.09. The number of hydrogen-bond acceptors (Lipinski definition) is 3. The van der Waals surface area contributed by atoms with E-state index in [0.29, 0.717) is 24.4 Å². The molecule has 0 bridgehead atoms. The molecule has 29 heavy (non-hydrogen) atoms. The van der Waals surface area contributed by atoms with Crippen molar-refractivity contribution in [3.63, 3.8) is 0 Å². The van der Waals surface area contributed by atoms with E-state index in [1.165, 1.54) is 0 Å². The maximum Gasteiger partial charge on any atom is 0.336 e. The summed E-state index contributed by atoms with van der Waals surface area (Å²) in [5.74, 6) is 1.27. The number of carboxylic acids is 1. The highest BCUT2D eigenvalue weighted by Gasteiger charge is 2.15. The molecule has 5 heteroatoms. The fraction of sp³-hybridized carbons (Fsp3) is 0.292. The highest BCUT2D eigenvalue weighted by Crippen LogP contribution is 2.25. The summed E-state index contributed by atoms with van der Waals surface area (Å²) in [5, 5.41) is 14.4. The molecular formula is C24H27N3O2. The summed E-state index contributed by atoms with van der Waals surface area (Å²) < 4.78 is 1.89. The molecule has 0 fully saturated rings. The summed E-state index contributed by atoms with van der Waals surface area (Å²) >= 11 is 0. The number of nitrogens with zero attached hydrogens (tertiary/aromatic N) is 3. The third-order valence-electron chi connectivity index (χ3n) is 4.65. The Hall–Kier alpha value is -3.21. The van der Waals surface area contributed by atoms with Crippen LogP contribution in [0.5, 0.6) is 0 Å². The average molecular weight is 389 g/mol. The zero-order chi connectivity index (χ0) is 20.8. The van der Waals surface area contributed by atoms with Gasteiger partial charge < -0.3 is 5.11 Å². The van der Waals surface area contributed by atoms with Gasteiger partial charge in [-0.2, -0.15) is 5.10 Å². The number of carbonyl (C=O) groups is 1. The molecule has 0 aliphatic rings. The Balaban J connectivity index is 1.94. The molecule has 150 valence electrons.